The summed E-state index contributed by atoms with van der Waals surface area (Å²) in [7, 11) is 1.61. The van der Waals surface area contributed by atoms with E-state index in [-0.39, 0.29) is 23.5 Å². The molecule has 0 unspecified atom stereocenters. The van der Waals surface area contributed by atoms with Gasteiger partial charge in [0.25, 0.3) is 5.91 Å². The second-order valence-electron chi connectivity index (χ2n) is 7.35. The van der Waals surface area contributed by atoms with Crippen LogP contribution in [0.2, 0.25) is 0 Å². The summed E-state index contributed by atoms with van der Waals surface area (Å²) in [6.07, 6.45) is -4.84. The number of benzene rings is 1. The predicted octanol–water partition coefficient (Wildman–Crippen LogP) is 3.03. The highest BCUT2D eigenvalue weighted by molar-refractivity contribution is 5.97. The Hall–Kier alpha value is -2.55. The first kappa shape index (κ1) is 18.8. The normalized spacial score (nSPS) is 22.6. The van der Waals surface area contributed by atoms with Gasteiger partial charge in [-0.3, -0.25) is 9.69 Å². The minimum Gasteiger partial charge on any atom is -0.486 e. The molecular formula is C19H20F3N3O3. The molecular weight excluding hydrogens is 375 g/mol. The number of hydrogen-bond donors (Lipinski definition) is 0. The molecule has 0 radical (unpaired) electrons. The first-order valence-corrected chi connectivity index (χ1v) is 8.94. The molecule has 1 aromatic carbocycles. The van der Waals surface area contributed by atoms with Crippen LogP contribution in [0.4, 0.5) is 13.2 Å². The Kier molecular flexibility index (Phi) is 4.37. The van der Waals surface area contributed by atoms with Crippen molar-refractivity contribution in [3.8, 4) is 5.75 Å². The van der Waals surface area contributed by atoms with Gasteiger partial charge >= 0.3 is 6.18 Å². The summed E-state index contributed by atoms with van der Waals surface area (Å²) in [5, 5.41) is 3.96. The minimum absolute atomic E-state index is 0.0519. The molecule has 4 rings (SSSR count). The van der Waals surface area contributed by atoms with Gasteiger partial charge in [-0.2, -0.15) is 13.2 Å². The van der Waals surface area contributed by atoms with Crippen LogP contribution >= 0.6 is 0 Å². The Morgan fingerprint density at radius 3 is 2.64 bits per heavy atom. The monoisotopic (exact) mass is 395 g/mol. The van der Waals surface area contributed by atoms with E-state index in [1.807, 2.05) is 13.8 Å². The second kappa shape index (κ2) is 6.51. The molecule has 0 bridgehead atoms. The lowest BCUT2D eigenvalue weighted by Gasteiger charge is -2.25. The Labute approximate surface area is 159 Å². The summed E-state index contributed by atoms with van der Waals surface area (Å²) in [6, 6.07) is 2.80. The van der Waals surface area contributed by atoms with Crippen molar-refractivity contribution in [2.45, 2.75) is 38.7 Å². The first-order valence-electron chi connectivity index (χ1n) is 8.94. The number of hydrogen-bond acceptors (Lipinski definition) is 5. The van der Waals surface area contributed by atoms with E-state index in [0.717, 1.165) is 29.2 Å². The number of likely N-dealkylation sites (tertiary alicyclic amines) is 1. The van der Waals surface area contributed by atoms with Crippen LogP contribution < -0.4 is 4.74 Å². The van der Waals surface area contributed by atoms with Crippen molar-refractivity contribution in [2.75, 3.05) is 20.1 Å². The van der Waals surface area contributed by atoms with Crippen molar-refractivity contribution in [2.24, 2.45) is 0 Å². The number of amides is 1. The zero-order chi connectivity index (χ0) is 20.2. The van der Waals surface area contributed by atoms with Crippen LogP contribution in [0.15, 0.2) is 22.7 Å². The third-order valence-electron chi connectivity index (χ3n) is 5.51. The maximum Gasteiger partial charge on any atom is 0.416 e. The molecule has 0 N–H and O–H groups in total. The van der Waals surface area contributed by atoms with Crippen molar-refractivity contribution in [3.63, 3.8) is 0 Å². The molecule has 9 heteroatoms. The number of nitrogens with zero attached hydrogens (tertiary/aromatic N) is 3. The summed E-state index contributed by atoms with van der Waals surface area (Å²) in [4.78, 5) is 16.5. The first-order chi connectivity index (χ1) is 13.1. The number of halogens is 3. The number of ether oxygens (including phenoxy) is 1. The maximum absolute atomic E-state index is 13.0. The third-order valence-corrected chi connectivity index (χ3v) is 5.51. The smallest absolute Gasteiger partial charge is 0.416 e. The van der Waals surface area contributed by atoms with Gasteiger partial charge in [-0.25, -0.2) is 0 Å². The van der Waals surface area contributed by atoms with Crippen LogP contribution in [0.1, 0.15) is 32.9 Å². The molecule has 150 valence electrons. The predicted molar refractivity (Wildman–Crippen MR) is 93.0 cm³/mol. The van der Waals surface area contributed by atoms with Crippen LogP contribution in [0, 0.1) is 13.8 Å². The van der Waals surface area contributed by atoms with Crippen molar-refractivity contribution >= 4 is 5.91 Å². The van der Waals surface area contributed by atoms with Gasteiger partial charge in [0, 0.05) is 32.2 Å². The molecule has 2 aliphatic rings. The SMILES string of the molecule is Cc1noc(C)c1CN1C[C@@H]2Oc3ccc(C(F)(F)F)cc3C(=O)N(C)[C@@H]2C1. The molecule has 2 atom stereocenters. The van der Waals surface area contributed by atoms with E-state index in [0.29, 0.717) is 19.6 Å². The number of aromatic nitrogens is 1. The van der Waals surface area contributed by atoms with Crippen LogP contribution in [-0.4, -0.2) is 53.1 Å². The number of aryl methyl sites for hydroxylation is 2. The zero-order valence-corrected chi connectivity index (χ0v) is 15.7. The number of carbonyl (C=O) groups is 1. The number of rotatable bonds is 2. The molecule has 2 aromatic rings. The van der Waals surface area contributed by atoms with E-state index in [1.165, 1.54) is 11.0 Å². The summed E-state index contributed by atoms with van der Waals surface area (Å²) >= 11 is 0. The van der Waals surface area contributed by atoms with Crippen molar-refractivity contribution in [1.29, 1.82) is 0 Å². The van der Waals surface area contributed by atoms with Crippen molar-refractivity contribution in [1.82, 2.24) is 15.0 Å². The highest BCUT2D eigenvalue weighted by Crippen LogP contribution is 2.36. The van der Waals surface area contributed by atoms with E-state index >= 15 is 0 Å². The maximum atomic E-state index is 13.0. The van der Waals surface area contributed by atoms with E-state index in [1.54, 1.807) is 7.05 Å². The number of likely N-dealkylation sites (N-methyl/N-ethyl adjacent to an activating group) is 1. The standard InChI is InChI=1S/C19H20F3N3O3/c1-10-14(11(2)28-23-10)7-25-8-15-17(9-25)27-16-5-4-12(19(20,21)22)6-13(16)18(26)24(15)3/h4-6,15,17H,7-9H2,1-3H3/t15-,17+/m1/s1. The van der Waals surface area contributed by atoms with E-state index in [4.69, 9.17) is 9.26 Å². The van der Waals surface area contributed by atoms with Gasteiger partial charge < -0.3 is 14.2 Å². The van der Waals surface area contributed by atoms with Gasteiger partial charge in [0.15, 0.2) is 0 Å². The number of alkyl halides is 3. The Bertz CT molecular complexity index is 905. The summed E-state index contributed by atoms with van der Waals surface area (Å²) in [5.74, 6) is 0.476. The zero-order valence-electron chi connectivity index (χ0n) is 15.7. The molecule has 3 heterocycles. The molecule has 1 aromatic heterocycles. The molecule has 1 saturated heterocycles. The Balaban J connectivity index is 1.60. The summed E-state index contributed by atoms with van der Waals surface area (Å²) in [5.41, 5.74) is 0.910. The van der Waals surface area contributed by atoms with E-state index < -0.39 is 17.6 Å². The van der Waals surface area contributed by atoms with Crippen LogP contribution in [0.25, 0.3) is 0 Å². The Morgan fingerprint density at radius 1 is 1.25 bits per heavy atom. The third kappa shape index (κ3) is 3.13. The molecule has 0 aliphatic carbocycles. The molecule has 6 nitrogen and oxygen atoms in total. The summed E-state index contributed by atoms with van der Waals surface area (Å²) in [6.45, 7) is 5.44. The van der Waals surface area contributed by atoms with Crippen molar-refractivity contribution in [3.05, 3.63) is 46.3 Å². The fraction of sp³-hybridized carbons (Fsp3) is 0.474. The van der Waals surface area contributed by atoms with Crippen LogP contribution in [0.3, 0.4) is 0 Å². The molecule has 0 saturated carbocycles. The highest BCUT2D eigenvalue weighted by Gasteiger charge is 2.43. The van der Waals surface area contributed by atoms with Crippen LogP contribution in [-0.2, 0) is 12.7 Å². The van der Waals surface area contributed by atoms with Crippen molar-refractivity contribution < 1.29 is 27.2 Å². The molecule has 28 heavy (non-hydrogen) atoms. The largest absolute Gasteiger partial charge is 0.486 e. The van der Waals surface area contributed by atoms with Gasteiger partial charge in [-0.15, -0.1) is 0 Å². The van der Waals surface area contributed by atoms with E-state index in [2.05, 4.69) is 10.1 Å². The molecule has 2 aliphatic heterocycles. The minimum atomic E-state index is -4.51. The quantitative estimate of drug-likeness (QED) is 0.783. The fourth-order valence-electron chi connectivity index (χ4n) is 3.88. The number of fused-ring (bicyclic) bond motifs is 2. The van der Waals surface area contributed by atoms with E-state index in [9.17, 15) is 18.0 Å². The molecule has 1 fully saturated rings. The van der Waals surface area contributed by atoms with Gasteiger partial charge in [0.1, 0.15) is 17.6 Å². The topological polar surface area (TPSA) is 58.8 Å². The second-order valence-corrected chi connectivity index (χ2v) is 7.35. The highest BCUT2D eigenvalue weighted by atomic mass is 19.4. The molecule has 0 spiro atoms. The average Bonchev–Trinajstić information content (AvgIpc) is 3.15. The van der Waals surface area contributed by atoms with Crippen LogP contribution in [0.5, 0.6) is 5.75 Å². The lowest BCUT2D eigenvalue weighted by molar-refractivity contribution is -0.137. The Morgan fingerprint density at radius 2 is 2.00 bits per heavy atom. The van der Waals surface area contributed by atoms with Gasteiger partial charge in [-0.1, -0.05) is 5.16 Å². The fourth-order valence-corrected chi connectivity index (χ4v) is 3.88. The number of carbonyl (C=O) groups excluding carboxylic acids is 1. The van der Waals surface area contributed by atoms with Gasteiger partial charge in [0.2, 0.25) is 0 Å². The summed E-state index contributed by atoms with van der Waals surface area (Å²) < 4.78 is 50.3. The van der Waals surface area contributed by atoms with Gasteiger partial charge in [0.05, 0.1) is 22.9 Å². The lowest BCUT2D eigenvalue weighted by atomic mass is 10.1. The lowest BCUT2D eigenvalue weighted by Crippen LogP contribution is -2.44. The van der Waals surface area contributed by atoms with Gasteiger partial charge in [-0.05, 0) is 32.0 Å². The average molecular weight is 395 g/mol. The molecule has 1 amide bonds.